The number of pyridine rings is 1. The Morgan fingerprint density at radius 3 is 2.38 bits per heavy atom. The highest BCUT2D eigenvalue weighted by Gasteiger charge is 2.26. The number of hydrogen-bond acceptors (Lipinski definition) is 5. The van der Waals surface area contributed by atoms with Crippen LogP contribution in [0.4, 0.5) is 10.6 Å². The van der Waals surface area contributed by atoms with E-state index in [9.17, 15) is 14.4 Å². The lowest BCUT2D eigenvalue weighted by Gasteiger charge is -2.20. The highest BCUT2D eigenvalue weighted by molar-refractivity contribution is 5.93. The van der Waals surface area contributed by atoms with Crippen molar-refractivity contribution in [1.29, 1.82) is 0 Å². The molecule has 0 unspecified atom stereocenters. The summed E-state index contributed by atoms with van der Waals surface area (Å²) in [6.45, 7) is 8.75. The Bertz CT molecular complexity index is 649. The zero-order valence-electron chi connectivity index (χ0n) is 13.7. The highest BCUT2D eigenvalue weighted by Crippen LogP contribution is 2.19. The van der Waals surface area contributed by atoms with E-state index < -0.39 is 29.6 Å². The predicted octanol–water partition coefficient (Wildman–Crippen LogP) is 2.40. The predicted molar refractivity (Wildman–Crippen MR) is 86.7 cm³/mol. The maximum atomic E-state index is 11.8. The van der Waals surface area contributed by atoms with Crippen LogP contribution in [0.1, 0.15) is 31.9 Å². The van der Waals surface area contributed by atoms with Gasteiger partial charge in [0.15, 0.2) is 5.92 Å². The van der Waals surface area contributed by atoms with Crippen molar-refractivity contribution < 1.29 is 29.3 Å². The summed E-state index contributed by atoms with van der Waals surface area (Å²) >= 11 is 0. The first kappa shape index (κ1) is 19.1. The first-order valence-corrected chi connectivity index (χ1v) is 7.10. The van der Waals surface area contributed by atoms with E-state index in [1.807, 2.05) is 0 Å². The molecule has 3 N–H and O–H groups in total. The number of anilines is 1. The molecule has 8 heteroatoms. The second-order valence-corrected chi connectivity index (χ2v) is 6.05. The first-order chi connectivity index (χ1) is 11.0. The maximum Gasteiger partial charge on any atom is 0.413 e. The number of nitrogens with zero attached hydrogens (tertiary/aromatic N) is 1. The van der Waals surface area contributed by atoms with Crippen LogP contribution in [0.5, 0.6) is 0 Å². The van der Waals surface area contributed by atoms with E-state index in [0.717, 1.165) is 0 Å². The van der Waals surface area contributed by atoms with E-state index in [0.29, 0.717) is 11.1 Å². The lowest BCUT2D eigenvalue weighted by molar-refractivity contribution is -0.154. The molecule has 1 rings (SSSR count). The Morgan fingerprint density at radius 1 is 1.33 bits per heavy atom. The van der Waals surface area contributed by atoms with E-state index in [2.05, 4.69) is 16.9 Å². The second kappa shape index (κ2) is 7.58. The van der Waals surface area contributed by atoms with Crippen LogP contribution in [0.3, 0.4) is 0 Å². The van der Waals surface area contributed by atoms with Gasteiger partial charge in [-0.15, -0.1) is 0 Å². The van der Waals surface area contributed by atoms with Crippen LogP contribution >= 0.6 is 0 Å². The number of nitrogens with one attached hydrogen (secondary N) is 1. The Morgan fingerprint density at radius 2 is 1.92 bits per heavy atom. The summed E-state index contributed by atoms with van der Waals surface area (Å²) in [6, 6.07) is 1.52. The molecule has 8 nitrogen and oxygen atoms in total. The van der Waals surface area contributed by atoms with E-state index in [-0.39, 0.29) is 12.2 Å². The fourth-order valence-corrected chi connectivity index (χ4v) is 1.82. The van der Waals surface area contributed by atoms with Gasteiger partial charge in [-0.1, -0.05) is 12.7 Å². The molecular weight excluding hydrogens is 316 g/mol. The topological polar surface area (TPSA) is 126 Å². The molecule has 0 saturated carbocycles. The molecule has 0 spiro atoms. The molecule has 0 aromatic carbocycles. The minimum absolute atomic E-state index is 0.185. The van der Waals surface area contributed by atoms with Gasteiger partial charge in [0.1, 0.15) is 11.4 Å². The lowest BCUT2D eigenvalue weighted by Crippen LogP contribution is -2.28. The third kappa shape index (κ3) is 5.71. The Labute approximate surface area is 139 Å². The fourth-order valence-electron chi connectivity index (χ4n) is 1.82. The number of ether oxygens (including phenoxy) is 1. The minimum Gasteiger partial charge on any atom is -0.481 e. The molecule has 0 aliphatic heterocycles. The van der Waals surface area contributed by atoms with Crippen molar-refractivity contribution >= 4 is 29.9 Å². The number of rotatable bonds is 6. The number of amides is 1. The summed E-state index contributed by atoms with van der Waals surface area (Å²) in [5, 5.41) is 20.3. The van der Waals surface area contributed by atoms with Crippen LogP contribution in [-0.4, -0.2) is 38.8 Å². The summed E-state index contributed by atoms with van der Waals surface area (Å²) in [7, 11) is 0. The summed E-state index contributed by atoms with van der Waals surface area (Å²) < 4.78 is 5.12. The molecule has 0 aliphatic rings. The van der Waals surface area contributed by atoms with Gasteiger partial charge in [-0.3, -0.25) is 14.9 Å². The SMILES string of the molecule is C=Cc1cc(CC(C(=O)O)C(=O)O)cnc1NC(=O)OC(C)(C)C. The van der Waals surface area contributed by atoms with E-state index in [1.54, 1.807) is 20.8 Å². The quantitative estimate of drug-likeness (QED) is 0.681. The number of carboxylic acid groups (broad SMARTS) is 2. The fraction of sp³-hybridized carbons (Fsp3) is 0.375. The van der Waals surface area contributed by atoms with Gasteiger partial charge in [0.05, 0.1) is 0 Å². The summed E-state index contributed by atoms with van der Waals surface area (Å²) in [5.41, 5.74) is 0.150. The van der Waals surface area contributed by atoms with Crippen molar-refractivity contribution in [2.45, 2.75) is 32.8 Å². The molecule has 24 heavy (non-hydrogen) atoms. The van der Waals surface area contributed by atoms with Gasteiger partial charge in [-0.2, -0.15) is 0 Å². The van der Waals surface area contributed by atoms with Gasteiger partial charge < -0.3 is 14.9 Å². The summed E-state index contributed by atoms with van der Waals surface area (Å²) in [5.74, 6) is -4.25. The molecule has 1 heterocycles. The summed E-state index contributed by atoms with van der Waals surface area (Å²) in [4.78, 5) is 37.7. The molecule has 1 amide bonds. The smallest absolute Gasteiger partial charge is 0.413 e. The summed E-state index contributed by atoms with van der Waals surface area (Å²) in [6.07, 6.45) is 1.80. The van der Waals surface area contributed by atoms with Crippen LogP contribution in [-0.2, 0) is 20.7 Å². The second-order valence-electron chi connectivity index (χ2n) is 6.05. The van der Waals surface area contributed by atoms with Crippen molar-refractivity contribution in [1.82, 2.24) is 4.98 Å². The zero-order valence-corrected chi connectivity index (χ0v) is 13.7. The molecule has 0 fully saturated rings. The average Bonchev–Trinajstić information content (AvgIpc) is 2.43. The van der Waals surface area contributed by atoms with Gasteiger partial charge >= 0.3 is 18.0 Å². The van der Waals surface area contributed by atoms with Crippen LogP contribution in [0.25, 0.3) is 6.08 Å². The van der Waals surface area contributed by atoms with Gasteiger partial charge in [0, 0.05) is 11.8 Å². The van der Waals surface area contributed by atoms with Crippen molar-refractivity contribution in [2.75, 3.05) is 5.32 Å². The average molecular weight is 336 g/mol. The van der Waals surface area contributed by atoms with Crippen molar-refractivity contribution in [3.8, 4) is 0 Å². The standard InChI is InChI=1S/C16H20N2O6/c1-5-10-6-9(7-11(13(19)20)14(21)22)8-17-12(10)18-15(23)24-16(2,3)4/h5-6,8,11H,1,7H2,2-4H3,(H,19,20)(H,21,22)(H,17,18,23). The van der Waals surface area contributed by atoms with Gasteiger partial charge in [0.25, 0.3) is 0 Å². The number of hydrogen-bond donors (Lipinski definition) is 3. The molecule has 0 saturated heterocycles. The van der Waals surface area contributed by atoms with Crippen LogP contribution in [0.2, 0.25) is 0 Å². The number of carboxylic acids is 2. The van der Waals surface area contributed by atoms with Crippen molar-refractivity contribution in [3.63, 3.8) is 0 Å². The zero-order chi connectivity index (χ0) is 18.5. The molecular formula is C16H20N2O6. The van der Waals surface area contributed by atoms with E-state index >= 15 is 0 Å². The van der Waals surface area contributed by atoms with Crippen molar-refractivity contribution in [2.24, 2.45) is 5.92 Å². The number of aliphatic carboxylic acids is 2. The molecule has 130 valence electrons. The normalized spacial score (nSPS) is 11.0. The van der Waals surface area contributed by atoms with Crippen molar-refractivity contribution in [3.05, 3.63) is 30.0 Å². The maximum absolute atomic E-state index is 11.8. The minimum atomic E-state index is -1.57. The Kier molecular flexibility index (Phi) is 6.05. The van der Waals surface area contributed by atoms with Crippen LogP contribution < -0.4 is 5.32 Å². The first-order valence-electron chi connectivity index (χ1n) is 7.10. The van der Waals surface area contributed by atoms with Crippen LogP contribution in [0, 0.1) is 5.92 Å². The van der Waals surface area contributed by atoms with E-state index in [1.165, 1.54) is 18.3 Å². The van der Waals surface area contributed by atoms with E-state index in [4.69, 9.17) is 14.9 Å². The molecule has 0 radical (unpaired) electrons. The number of carbonyl (C=O) groups is 3. The third-order valence-corrected chi connectivity index (χ3v) is 2.85. The molecule has 1 aromatic heterocycles. The Balaban J connectivity index is 2.96. The monoisotopic (exact) mass is 336 g/mol. The lowest BCUT2D eigenvalue weighted by atomic mass is 9.99. The van der Waals surface area contributed by atoms with Gasteiger partial charge in [-0.05, 0) is 38.8 Å². The van der Waals surface area contributed by atoms with Crippen LogP contribution in [0.15, 0.2) is 18.8 Å². The number of carbonyl (C=O) groups excluding carboxylic acids is 1. The molecule has 1 aromatic rings. The number of aromatic nitrogens is 1. The Hall–Kier alpha value is -2.90. The molecule has 0 atom stereocenters. The molecule has 0 bridgehead atoms. The third-order valence-electron chi connectivity index (χ3n) is 2.85. The highest BCUT2D eigenvalue weighted by atomic mass is 16.6. The van der Waals surface area contributed by atoms with Gasteiger partial charge in [0.2, 0.25) is 0 Å². The van der Waals surface area contributed by atoms with Gasteiger partial charge in [-0.25, -0.2) is 9.78 Å². The largest absolute Gasteiger partial charge is 0.481 e. The molecule has 0 aliphatic carbocycles.